The third-order valence-electron chi connectivity index (χ3n) is 5.68. The lowest BCUT2D eigenvalue weighted by molar-refractivity contribution is -0.686. The minimum Gasteiger partial charge on any atom is -0.117 e. The van der Waals surface area contributed by atoms with Gasteiger partial charge in [-0.05, 0) is 89.3 Å². The lowest BCUT2D eigenvalue weighted by Crippen LogP contribution is -2.27. The third kappa shape index (κ3) is 3.15. The molecule has 0 N–H and O–H groups in total. The molecule has 0 spiro atoms. The Kier molecular flexibility index (Phi) is 5.22. The highest BCUT2D eigenvalue weighted by Crippen LogP contribution is 2.39. The summed E-state index contributed by atoms with van der Waals surface area (Å²) in [5, 5.41) is 2.86. The van der Waals surface area contributed by atoms with Crippen LogP contribution in [-0.4, -0.2) is 36.9 Å². The zero-order chi connectivity index (χ0) is 20.2. The van der Waals surface area contributed by atoms with Gasteiger partial charge in [0, 0.05) is 33.8 Å². The smallest absolute Gasteiger partial charge is 0.117 e. The second kappa shape index (κ2) is 7.38. The minimum atomic E-state index is 0.267. The molecule has 0 aromatic heterocycles. The van der Waals surface area contributed by atoms with E-state index in [0.717, 1.165) is 0 Å². The van der Waals surface area contributed by atoms with Crippen LogP contribution in [0.2, 0.25) is 0 Å². The van der Waals surface area contributed by atoms with E-state index in [4.69, 9.17) is 0 Å². The molecule has 1 fully saturated rings. The summed E-state index contributed by atoms with van der Waals surface area (Å²) in [5.74, 6) is 2.35. The first kappa shape index (κ1) is 19.8. The average molecular weight is 411 g/mol. The molecule has 2 heterocycles. The number of hydrogen-bond acceptors (Lipinski definition) is 2. The summed E-state index contributed by atoms with van der Waals surface area (Å²) in [7, 11) is 0. The normalized spacial score (nSPS) is 17.5. The molecular formula is C24H30N2S2+2. The summed E-state index contributed by atoms with van der Waals surface area (Å²) in [6.45, 7) is 15.8. The van der Waals surface area contributed by atoms with E-state index in [2.05, 4.69) is 81.9 Å². The Morgan fingerprint density at radius 3 is 1.29 bits per heavy atom. The Morgan fingerprint density at radius 2 is 0.964 bits per heavy atom. The van der Waals surface area contributed by atoms with Crippen LogP contribution in [-0.2, 0) is 0 Å². The number of hydrogen-bond donors (Lipinski definition) is 0. The molecular weight excluding hydrogens is 380 g/mol. The summed E-state index contributed by atoms with van der Waals surface area (Å²) in [6.07, 6.45) is 0.267. The van der Waals surface area contributed by atoms with Gasteiger partial charge in [0.1, 0.15) is 0 Å². The third-order valence-corrected chi connectivity index (χ3v) is 8.21. The highest BCUT2D eigenvalue weighted by molar-refractivity contribution is 8.27. The van der Waals surface area contributed by atoms with Crippen LogP contribution in [0, 0.1) is 41.5 Å². The van der Waals surface area contributed by atoms with E-state index in [1.165, 1.54) is 66.3 Å². The maximum Gasteiger partial charge on any atom is 0.352 e. The first-order valence-electron chi connectivity index (χ1n) is 10.0. The van der Waals surface area contributed by atoms with Crippen LogP contribution in [0.5, 0.6) is 0 Å². The van der Waals surface area contributed by atoms with Crippen LogP contribution in [0.4, 0.5) is 11.4 Å². The lowest BCUT2D eigenvalue weighted by atomic mass is 10.0. The minimum absolute atomic E-state index is 0.267. The molecule has 4 rings (SSSR count). The van der Waals surface area contributed by atoms with Gasteiger partial charge in [0.2, 0.25) is 11.4 Å². The second-order valence-corrected chi connectivity index (χ2v) is 10.3. The van der Waals surface area contributed by atoms with E-state index in [9.17, 15) is 0 Å². The highest BCUT2D eigenvalue weighted by atomic mass is 32.2. The van der Waals surface area contributed by atoms with Crippen molar-refractivity contribution < 1.29 is 9.15 Å². The van der Waals surface area contributed by atoms with Gasteiger partial charge in [0.15, 0.2) is 0 Å². The van der Waals surface area contributed by atoms with E-state index in [1.54, 1.807) is 0 Å². The number of benzene rings is 2. The van der Waals surface area contributed by atoms with Gasteiger partial charge in [-0.15, -0.1) is 9.15 Å². The van der Waals surface area contributed by atoms with Crippen LogP contribution in [0.15, 0.2) is 24.3 Å². The molecule has 4 heteroatoms. The predicted molar refractivity (Wildman–Crippen MR) is 126 cm³/mol. The fourth-order valence-electron chi connectivity index (χ4n) is 4.88. The van der Waals surface area contributed by atoms with E-state index >= 15 is 0 Å². The van der Waals surface area contributed by atoms with Crippen molar-refractivity contribution in [3.8, 4) is 0 Å². The number of thioether (sulfide) groups is 2. The fourth-order valence-corrected chi connectivity index (χ4v) is 7.50. The molecule has 0 bridgehead atoms. The average Bonchev–Trinajstić information content (AvgIpc) is 2.87. The Bertz CT molecular complexity index is 917. The van der Waals surface area contributed by atoms with Crippen LogP contribution < -0.4 is 0 Å². The molecule has 2 aliphatic heterocycles. The lowest BCUT2D eigenvalue weighted by Gasteiger charge is -2.13. The molecule has 0 saturated carbocycles. The molecule has 2 aromatic rings. The van der Waals surface area contributed by atoms with Crippen molar-refractivity contribution in [2.75, 3.05) is 11.5 Å². The highest BCUT2D eigenvalue weighted by Gasteiger charge is 2.51. The molecule has 0 unspecified atom stereocenters. The molecule has 0 aliphatic carbocycles. The maximum atomic E-state index is 2.59. The van der Waals surface area contributed by atoms with E-state index in [0.29, 0.717) is 0 Å². The Morgan fingerprint density at radius 1 is 0.643 bits per heavy atom. The van der Waals surface area contributed by atoms with Gasteiger partial charge in [-0.3, -0.25) is 0 Å². The van der Waals surface area contributed by atoms with E-state index in [1.807, 2.05) is 23.5 Å². The van der Waals surface area contributed by atoms with Gasteiger partial charge in [-0.2, -0.15) is 0 Å². The molecule has 2 aromatic carbocycles. The van der Waals surface area contributed by atoms with Crippen molar-refractivity contribution in [1.29, 1.82) is 0 Å². The molecule has 1 saturated heterocycles. The number of rotatable bonds is 2. The van der Waals surface area contributed by atoms with Gasteiger partial charge in [0.25, 0.3) is 0 Å². The number of fused-ring (bicyclic) bond motifs is 1. The molecule has 146 valence electrons. The van der Waals surface area contributed by atoms with Crippen molar-refractivity contribution in [3.63, 3.8) is 0 Å². The zero-order valence-electron chi connectivity index (χ0n) is 18.0. The molecule has 2 aliphatic rings. The molecule has 0 amide bonds. The molecule has 0 radical (unpaired) electrons. The van der Waals surface area contributed by atoms with Gasteiger partial charge in [-0.1, -0.05) is 11.1 Å². The Balaban J connectivity index is 1.95. The number of aryl methyl sites for hydroxylation is 6. The zero-order valence-corrected chi connectivity index (χ0v) is 19.6. The standard InChI is InChI=1S/C24H30N2S2/c1-14-10-16(3)21(17(4)11-14)25-20(7)26(24-23(25)27-8-9-28-24)22-18(5)12-15(2)13-19(22)6/h10-13,20H,8-9H2,1-7H3/q+2. The number of nitrogens with zero attached hydrogens (tertiary/aromatic N) is 2. The largest absolute Gasteiger partial charge is 0.352 e. The maximum absolute atomic E-state index is 2.59. The first-order valence-corrected chi connectivity index (χ1v) is 12.0. The van der Waals surface area contributed by atoms with Crippen molar-refractivity contribution in [2.45, 2.75) is 54.6 Å². The summed E-state index contributed by atoms with van der Waals surface area (Å²) < 4.78 is 5.18. The summed E-state index contributed by atoms with van der Waals surface area (Å²) >= 11 is 4.04. The van der Waals surface area contributed by atoms with Crippen molar-refractivity contribution in [3.05, 3.63) is 57.6 Å². The molecule has 2 nitrogen and oxygen atoms in total. The summed E-state index contributed by atoms with van der Waals surface area (Å²) in [5.41, 5.74) is 10.9. The second-order valence-electron chi connectivity index (χ2n) is 8.17. The topological polar surface area (TPSA) is 6.02 Å². The Labute approximate surface area is 177 Å². The van der Waals surface area contributed by atoms with Gasteiger partial charge >= 0.3 is 16.3 Å². The van der Waals surface area contributed by atoms with Crippen molar-refractivity contribution in [2.24, 2.45) is 0 Å². The van der Waals surface area contributed by atoms with Crippen LogP contribution in [0.25, 0.3) is 0 Å². The van der Waals surface area contributed by atoms with E-state index in [-0.39, 0.29) is 6.17 Å². The van der Waals surface area contributed by atoms with Gasteiger partial charge in [0.05, 0.1) is 6.92 Å². The van der Waals surface area contributed by atoms with Crippen molar-refractivity contribution in [1.82, 2.24) is 0 Å². The molecule has 0 atom stereocenters. The fraction of sp³-hybridized carbons (Fsp3) is 0.417. The monoisotopic (exact) mass is 410 g/mol. The SMILES string of the molecule is Cc1cc(C)c([N+]2=C3SCCSC3=[N+](c3c(C)cc(C)cc3C)C2C)c(C)c1. The Hall–Kier alpha value is -1.52. The summed E-state index contributed by atoms with van der Waals surface area (Å²) in [6, 6.07) is 9.28. The van der Waals surface area contributed by atoms with Crippen LogP contribution in [0.1, 0.15) is 40.3 Å². The van der Waals surface area contributed by atoms with Gasteiger partial charge in [-0.25, -0.2) is 0 Å². The predicted octanol–water partition coefficient (Wildman–Crippen LogP) is 6.16. The van der Waals surface area contributed by atoms with E-state index < -0.39 is 0 Å². The summed E-state index contributed by atoms with van der Waals surface area (Å²) in [4.78, 5) is 0. The first-order chi connectivity index (χ1) is 13.3. The van der Waals surface area contributed by atoms with Crippen molar-refractivity contribution >= 4 is 45.0 Å². The van der Waals surface area contributed by atoms with Crippen LogP contribution >= 0.6 is 23.5 Å². The van der Waals surface area contributed by atoms with Gasteiger partial charge < -0.3 is 0 Å². The quantitative estimate of drug-likeness (QED) is 0.547. The molecule has 28 heavy (non-hydrogen) atoms. The van der Waals surface area contributed by atoms with Crippen LogP contribution in [0.3, 0.4) is 0 Å².